The molecule has 158 valence electrons. The van der Waals surface area contributed by atoms with E-state index in [1.807, 2.05) is 47.1 Å². The van der Waals surface area contributed by atoms with Gasteiger partial charge in [-0.3, -0.25) is 14.5 Å². The van der Waals surface area contributed by atoms with Crippen LogP contribution in [0.2, 0.25) is 0 Å². The van der Waals surface area contributed by atoms with E-state index in [0.29, 0.717) is 30.1 Å². The van der Waals surface area contributed by atoms with Gasteiger partial charge in [0.25, 0.3) is 5.91 Å². The first-order valence-corrected chi connectivity index (χ1v) is 9.90. The molecule has 1 amide bonds. The number of carbonyl (C=O) groups is 1. The second kappa shape index (κ2) is 8.83. The predicted molar refractivity (Wildman–Crippen MR) is 116 cm³/mol. The second-order valence-electron chi connectivity index (χ2n) is 7.07. The molecule has 0 bridgehead atoms. The molecule has 0 radical (unpaired) electrons. The van der Waals surface area contributed by atoms with Crippen LogP contribution in [0.3, 0.4) is 0 Å². The summed E-state index contributed by atoms with van der Waals surface area (Å²) in [6.07, 6.45) is 3.51. The van der Waals surface area contributed by atoms with Gasteiger partial charge in [-0.1, -0.05) is 17.3 Å². The number of methoxy groups -OCH3 is 1. The number of pyridine rings is 1. The van der Waals surface area contributed by atoms with E-state index < -0.39 is 0 Å². The first kappa shape index (κ1) is 20.3. The maximum absolute atomic E-state index is 12.5. The molecule has 4 rings (SSSR count). The molecule has 0 aliphatic rings. The maximum Gasteiger partial charge on any atom is 0.256 e. The van der Waals surface area contributed by atoms with Crippen molar-refractivity contribution in [3.63, 3.8) is 0 Å². The Bertz CT molecular complexity index is 1180. The van der Waals surface area contributed by atoms with E-state index in [1.165, 1.54) is 0 Å². The Morgan fingerprint density at radius 3 is 2.71 bits per heavy atom. The highest BCUT2D eigenvalue weighted by Gasteiger charge is 2.18. The number of rotatable bonds is 7. The molecule has 0 aliphatic carbocycles. The van der Waals surface area contributed by atoms with Crippen LogP contribution >= 0.6 is 0 Å². The second-order valence-corrected chi connectivity index (χ2v) is 7.07. The van der Waals surface area contributed by atoms with Crippen LogP contribution in [0.4, 0.5) is 0 Å². The number of amides is 1. The number of benzene rings is 1. The van der Waals surface area contributed by atoms with E-state index in [4.69, 9.17) is 14.4 Å². The molecule has 0 fully saturated rings. The van der Waals surface area contributed by atoms with Gasteiger partial charge in [-0.05, 0) is 44.2 Å². The van der Waals surface area contributed by atoms with Crippen molar-refractivity contribution in [2.24, 2.45) is 0 Å². The summed E-state index contributed by atoms with van der Waals surface area (Å²) in [5.74, 6) is 1.06. The van der Waals surface area contributed by atoms with Crippen LogP contribution in [0, 0.1) is 13.8 Å². The van der Waals surface area contributed by atoms with Crippen LogP contribution in [0.1, 0.15) is 21.8 Å². The van der Waals surface area contributed by atoms with Crippen LogP contribution in [0.15, 0.2) is 59.4 Å². The number of carbonyl (C=O) groups excluding carboxylic acids is 1. The van der Waals surface area contributed by atoms with E-state index in [0.717, 1.165) is 28.3 Å². The summed E-state index contributed by atoms with van der Waals surface area (Å²) in [5.41, 5.74) is 4.67. The number of nitrogens with one attached hydrogen (secondary N) is 1. The zero-order valence-electron chi connectivity index (χ0n) is 17.6. The lowest BCUT2D eigenvalue weighted by atomic mass is 10.1. The highest BCUT2D eigenvalue weighted by atomic mass is 16.5. The molecule has 8 nitrogen and oxygen atoms in total. The van der Waals surface area contributed by atoms with Gasteiger partial charge in [-0.25, -0.2) is 0 Å². The molecule has 3 heterocycles. The standard InChI is InChI=1S/C23H23N5O3/c1-15-22(16(2)31-27-15)23(29)25-10-11-28-21(17-6-4-8-19(12-17)30-3)13-20(26-28)18-7-5-9-24-14-18/h4-9,12-14H,10-11H2,1-3H3,(H,25,29). The minimum Gasteiger partial charge on any atom is -0.497 e. The SMILES string of the molecule is COc1cccc(-c2cc(-c3cccnc3)nn2CCNC(=O)c2c(C)noc2C)c1. The highest BCUT2D eigenvalue weighted by Crippen LogP contribution is 2.28. The van der Waals surface area contributed by atoms with Crippen molar-refractivity contribution >= 4 is 5.91 Å². The van der Waals surface area contributed by atoms with E-state index in [1.54, 1.807) is 33.4 Å². The largest absolute Gasteiger partial charge is 0.497 e. The summed E-state index contributed by atoms with van der Waals surface area (Å²) in [4.78, 5) is 16.7. The van der Waals surface area contributed by atoms with Crippen LogP contribution in [0.5, 0.6) is 5.75 Å². The van der Waals surface area contributed by atoms with Crippen LogP contribution in [-0.2, 0) is 6.54 Å². The maximum atomic E-state index is 12.5. The topological polar surface area (TPSA) is 95.1 Å². The number of aromatic nitrogens is 4. The van der Waals surface area contributed by atoms with Gasteiger partial charge in [-0.15, -0.1) is 0 Å². The molecular formula is C23H23N5O3. The van der Waals surface area contributed by atoms with Crippen molar-refractivity contribution in [3.05, 3.63) is 71.9 Å². The Kier molecular flexibility index (Phi) is 5.79. The molecule has 0 aliphatic heterocycles. The number of hydrogen-bond acceptors (Lipinski definition) is 6. The van der Waals surface area contributed by atoms with Gasteiger partial charge in [0.15, 0.2) is 0 Å². The Labute approximate surface area is 179 Å². The van der Waals surface area contributed by atoms with Crippen LogP contribution in [0.25, 0.3) is 22.5 Å². The van der Waals surface area contributed by atoms with E-state index in [9.17, 15) is 4.79 Å². The summed E-state index contributed by atoms with van der Waals surface area (Å²) in [6, 6.07) is 13.7. The first-order valence-electron chi connectivity index (χ1n) is 9.90. The molecule has 0 saturated carbocycles. The van der Waals surface area contributed by atoms with Gasteiger partial charge in [0.1, 0.15) is 17.1 Å². The minimum absolute atomic E-state index is 0.209. The lowest BCUT2D eigenvalue weighted by Crippen LogP contribution is -2.28. The molecule has 31 heavy (non-hydrogen) atoms. The van der Waals surface area contributed by atoms with E-state index >= 15 is 0 Å². The zero-order valence-corrected chi connectivity index (χ0v) is 17.6. The molecule has 1 N–H and O–H groups in total. The molecular weight excluding hydrogens is 394 g/mol. The fourth-order valence-electron chi connectivity index (χ4n) is 3.43. The van der Waals surface area contributed by atoms with Gasteiger partial charge in [0.05, 0.1) is 30.7 Å². The van der Waals surface area contributed by atoms with Crippen LogP contribution < -0.4 is 10.1 Å². The average Bonchev–Trinajstić information content (AvgIpc) is 3.37. The normalized spacial score (nSPS) is 10.8. The highest BCUT2D eigenvalue weighted by molar-refractivity contribution is 5.96. The van der Waals surface area contributed by atoms with Crippen molar-refractivity contribution in [3.8, 4) is 28.3 Å². The molecule has 4 aromatic rings. The van der Waals surface area contributed by atoms with E-state index in [2.05, 4.69) is 15.5 Å². The Balaban J connectivity index is 1.59. The Hall–Kier alpha value is -3.94. The number of nitrogens with zero attached hydrogens (tertiary/aromatic N) is 4. The van der Waals surface area contributed by atoms with Crippen molar-refractivity contribution in [2.45, 2.75) is 20.4 Å². The smallest absolute Gasteiger partial charge is 0.256 e. The summed E-state index contributed by atoms with van der Waals surface area (Å²) >= 11 is 0. The van der Waals surface area contributed by atoms with Gasteiger partial charge in [0.2, 0.25) is 0 Å². The van der Waals surface area contributed by atoms with Crippen molar-refractivity contribution in [1.29, 1.82) is 0 Å². The lowest BCUT2D eigenvalue weighted by Gasteiger charge is -2.10. The Morgan fingerprint density at radius 1 is 1.16 bits per heavy atom. The molecule has 0 unspecified atom stereocenters. The van der Waals surface area contributed by atoms with E-state index in [-0.39, 0.29) is 5.91 Å². The summed E-state index contributed by atoms with van der Waals surface area (Å²) in [7, 11) is 1.64. The lowest BCUT2D eigenvalue weighted by molar-refractivity contribution is 0.0950. The quantitative estimate of drug-likeness (QED) is 0.493. The number of hydrogen-bond donors (Lipinski definition) is 1. The monoisotopic (exact) mass is 417 g/mol. The van der Waals surface area contributed by atoms with Gasteiger partial charge >= 0.3 is 0 Å². The van der Waals surface area contributed by atoms with Gasteiger partial charge < -0.3 is 14.6 Å². The molecule has 8 heteroatoms. The minimum atomic E-state index is -0.209. The molecule has 0 atom stereocenters. The molecule has 3 aromatic heterocycles. The molecule has 0 saturated heterocycles. The predicted octanol–water partition coefficient (Wildman–Crippen LogP) is 3.66. The van der Waals surface area contributed by atoms with Crippen LogP contribution in [-0.4, -0.2) is 39.5 Å². The summed E-state index contributed by atoms with van der Waals surface area (Å²) in [6.45, 7) is 4.36. The average molecular weight is 417 g/mol. The van der Waals surface area contributed by atoms with Gasteiger partial charge in [-0.2, -0.15) is 5.10 Å². The number of ether oxygens (including phenoxy) is 1. The third-order valence-corrected chi connectivity index (χ3v) is 4.97. The third-order valence-electron chi connectivity index (χ3n) is 4.97. The fourth-order valence-corrected chi connectivity index (χ4v) is 3.43. The van der Waals surface area contributed by atoms with Crippen molar-refractivity contribution in [2.75, 3.05) is 13.7 Å². The zero-order chi connectivity index (χ0) is 21.8. The Morgan fingerprint density at radius 2 is 2.00 bits per heavy atom. The third kappa shape index (κ3) is 4.32. The fraction of sp³-hybridized carbons (Fsp3) is 0.217. The van der Waals surface area contributed by atoms with Gasteiger partial charge in [0, 0.05) is 30.1 Å². The first-order chi connectivity index (χ1) is 15.1. The summed E-state index contributed by atoms with van der Waals surface area (Å²) in [5, 5.41) is 11.5. The van der Waals surface area contributed by atoms with Crippen molar-refractivity contribution < 1.29 is 14.1 Å². The van der Waals surface area contributed by atoms with Crippen molar-refractivity contribution in [1.82, 2.24) is 25.2 Å². The number of aryl methyl sites for hydroxylation is 2. The summed E-state index contributed by atoms with van der Waals surface area (Å²) < 4.78 is 12.3. The molecule has 0 spiro atoms. The molecule has 1 aromatic carbocycles.